The van der Waals surface area contributed by atoms with E-state index in [0.29, 0.717) is 33.5 Å². The highest BCUT2D eigenvalue weighted by Crippen LogP contribution is 2.37. The Kier molecular flexibility index (Phi) is 22.1. The van der Waals surface area contributed by atoms with E-state index in [4.69, 9.17) is 18.5 Å². The lowest BCUT2D eigenvalue weighted by Crippen LogP contribution is -2.35. The third kappa shape index (κ3) is 19.4. The number of rotatable bonds is 25. The predicted octanol–water partition coefficient (Wildman–Crippen LogP) is 12.2. The fourth-order valence-corrected chi connectivity index (χ4v) is 10.2. The van der Waals surface area contributed by atoms with Gasteiger partial charge in [0, 0.05) is 70.3 Å². The number of benzene rings is 8. The molecule has 514 valence electrons. The summed E-state index contributed by atoms with van der Waals surface area (Å²) in [4.78, 5) is 101. The number of nitrogens with zero attached hydrogens (tertiary/aromatic N) is 6. The summed E-state index contributed by atoms with van der Waals surface area (Å²) in [7, 11) is 1.22. The number of ether oxygens (including phenoxy) is 2. The molecule has 0 saturated carbocycles. The van der Waals surface area contributed by atoms with Crippen LogP contribution >= 0.6 is 0 Å². The van der Waals surface area contributed by atoms with E-state index in [-0.39, 0.29) is 88.8 Å². The maximum absolute atomic E-state index is 14.4. The number of hydrogen-bond donors (Lipinski definition) is 5. The van der Waals surface area contributed by atoms with E-state index >= 15 is 0 Å². The van der Waals surface area contributed by atoms with Gasteiger partial charge < -0.3 is 54.5 Å². The van der Waals surface area contributed by atoms with Crippen LogP contribution < -0.4 is 25.4 Å². The second kappa shape index (κ2) is 31.5. The van der Waals surface area contributed by atoms with Crippen LogP contribution in [0, 0.1) is 18.8 Å². The summed E-state index contributed by atoms with van der Waals surface area (Å²) < 4.78 is 106. The van der Waals surface area contributed by atoms with Gasteiger partial charge in [-0.1, -0.05) is 107 Å². The Balaban J connectivity index is 0.667. The highest BCUT2D eigenvalue weighted by atomic mass is 19.4. The zero-order chi connectivity index (χ0) is 72.0. The molecule has 0 aliphatic carbocycles. The first-order valence-corrected chi connectivity index (χ1v) is 30.5. The van der Waals surface area contributed by atoms with Crippen molar-refractivity contribution in [2.75, 3.05) is 42.8 Å². The minimum atomic E-state index is -4.87. The molecule has 0 atom stereocenters. The van der Waals surface area contributed by atoms with Gasteiger partial charge in [0.25, 0.3) is 11.8 Å². The fraction of sp³-hybridized carbons (Fsp3) is 0.164. The number of alkyl halides is 6. The smallest absolute Gasteiger partial charge is 0.416 e. The van der Waals surface area contributed by atoms with E-state index in [1.165, 1.54) is 67.8 Å². The van der Waals surface area contributed by atoms with Gasteiger partial charge in [-0.3, -0.25) is 33.6 Å². The van der Waals surface area contributed by atoms with Crippen LogP contribution in [-0.2, 0) is 63.9 Å². The zero-order valence-electron chi connectivity index (χ0n) is 53.3. The molecule has 2 heterocycles. The van der Waals surface area contributed by atoms with Crippen molar-refractivity contribution in [3.63, 3.8) is 0 Å². The van der Waals surface area contributed by atoms with Crippen LogP contribution in [0.5, 0.6) is 11.5 Å². The van der Waals surface area contributed by atoms with Crippen LogP contribution in [0.15, 0.2) is 191 Å². The Morgan fingerprint density at radius 2 is 0.960 bits per heavy atom. The molecule has 10 rings (SSSR count). The molecule has 0 spiro atoms. The lowest BCUT2D eigenvalue weighted by atomic mass is 10.0. The van der Waals surface area contributed by atoms with Gasteiger partial charge in [-0.05, 0) is 132 Å². The first kappa shape index (κ1) is 70.9. The van der Waals surface area contributed by atoms with E-state index in [2.05, 4.69) is 48.1 Å². The summed E-state index contributed by atoms with van der Waals surface area (Å²) in [5.74, 6) is -0.570. The van der Waals surface area contributed by atoms with Crippen LogP contribution in [0.2, 0.25) is 0 Å². The molecule has 0 bridgehead atoms. The second-order valence-electron chi connectivity index (χ2n) is 22.7. The van der Waals surface area contributed by atoms with Crippen molar-refractivity contribution in [3.8, 4) is 46.1 Å². The number of nitrogens with one attached hydrogen (secondary N) is 3. The molecule has 0 unspecified atom stereocenters. The van der Waals surface area contributed by atoms with Gasteiger partial charge in [0.1, 0.15) is 24.6 Å². The topological polar surface area (TPSA) is 299 Å². The number of aromatic nitrogens is 4. The zero-order valence-corrected chi connectivity index (χ0v) is 53.3. The molecule has 5 amide bonds. The maximum atomic E-state index is 14.4. The molecular weight excluding hydrogens is 1320 g/mol. The van der Waals surface area contributed by atoms with Gasteiger partial charge in [0.2, 0.25) is 23.5 Å². The molecule has 28 heteroatoms. The molecule has 0 saturated heterocycles. The Bertz CT molecular complexity index is 4750. The SMILES string of the molecule is COc1ccc(CC(=O)Nc2ccc(C(=O)N(CC(=O)O)Cc3ccc(-c4noc(C(=O)Nc5ccc(CCOc6ccc(CC(=O)Nc7ccc(C(=O)N(CC(=O)O)Cc8ccc(-c9noc(C#Cc%10ccc(C)cc%10)n9)cc8)cc7)c(C(F)(F)F)c6)cc5)n4)cc3)cc2)c(C(F)(F)F)c1. The van der Waals surface area contributed by atoms with Crippen LogP contribution in [0.4, 0.5) is 43.4 Å². The van der Waals surface area contributed by atoms with Crippen LogP contribution in [0.3, 0.4) is 0 Å². The number of aryl methyl sites for hydroxylation is 1. The number of carboxylic acid groups (broad SMARTS) is 2. The molecule has 5 N–H and O–H groups in total. The summed E-state index contributed by atoms with van der Waals surface area (Å²) in [6.07, 6.45) is -10.7. The van der Waals surface area contributed by atoms with E-state index in [1.54, 1.807) is 72.8 Å². The summed E-state index contributed by atoms with van der Waals surface area (Å²) >= 11 is 0. The van der Waals surface area contributed by atoms with Gasteiger partial charge in [-0.15, -0.1) is 0 Å². The Labute approximate surface area is 570 Å². The monoisotopic (exact) mass is 1380 g/mol. The molecule has 8 aromatic carbocycles. The number of carbonyl (C=O) groups excluding carboxylic acids is 5. The van der Waals surface area contributed by atoms with Crippen molar-refractivity contribution in [2.45, 2.75) is 51.6 Å². The largest absolute Gasteiger partial charge is 0.497 e. The lowest BCUT2D eigenvalue weighted by molar-refractivity contribution is -0.139. The second-order valence-corrected chi connectivity index (χ2v) is 22.7. The van der Waals surface area contributed by atoms with Gasteiger partial charge in [-0.25, -0.2) is 0 Å². The maximum Gasteiger partial charge on any atom is 0.416 e. The molecule has 0 radical (unpaired) electrons. The Morgan fingerprint density at radius 1 is 0.515 bits per heavy atom. The molecule has 22 nitrogen and oxygen atoms in total. The summed E-state index contributed by atoms with van der Waals surface area (Å²) in [6, 6.07) is 44.3. The number of halogens is 6. The van der Waals surface area contributed by atoms with E-state index in [9.17, 15) is 70.1 Å². The normalized spacial score (nSPS) is 11.2. The van der Waals surface area contributed by atoms with Crippen molar-refractivity contribution < 1.29 is 88.6 Å². The third-order valence-electron chi connectivity index (χ3n) is 15.2. The van der Waals surface area contributed by atoms with Crippen LogP contribution in [-0.4, -0.2) is 109 Å². The Morgan fingerprint density at radius 3 is 1.45 bits per heavy atom. The van der Waals surface area contributed by atoms with E-state index < -0.39 is 96.8 Å². The first-order valence-electron chi connectivity index (χ1n) is 30.5. The number of hydrogen-bond acceptors (Lipinski definition) is 15. The van der Waals surface area contributed by atoms with E-state index in [1.807, 2.05) is 31.2 Å². The number of methoxy groups -OCH3 is 1. The average Bonchev–Trinajstić information content (AvgIpc) is 1.22. The van der Waals surface area contributed by atoms with Gasteiger partial charge >= 0.3 is 42.0 Å². The van der Waals surface area contributed by atoms with Gasteiger partial charge in [-0.2, -0.15) is 36.3 Å². The standard InChI is InChI=1S/C73H57F6N9O13/c1-43-3-5-44(6-4-43)13-32-63-83-66(85-100-63)48-14-7-46(8-15-48)39-87(41-64(91)92)70(96)50-20-28-55(29-21-50)81-62(90)36-53-23-31-58(38-60(53)73(77,78)79)99-34-33-45-11-24-56(25-12-45)82-68(95)69-84-67(86-101-69)49-16-9-47(10-17-49)40-88(42-65(93)94)71(97)51-18-26-54(27-19-51)80-61(89)35-52-22-30-57(98-2)37-59(52)72(74,75)76/h3-12,14-31,37-38H,33-36,39-42H2,1-2H3,(H,80,89)(H,81,90)(H,82,95)(H,91,92)(H,93,94). The summed E-state index contributed by atoms with van der Waals surface area (Å²) in [5.41, 5.74) is 2.66. The van der Waals surface area contributed by atoms with Gasteiger partial charge in [0.05, 0.1) is 37.7 Å². The fourth-order valence-electron chi connectivity index (χ4n) is 10.2. The Hall–Kier alpha value is -12.9. The van der Waals surface area contributed by atoms with Crippen molar-refractivity contribution in [1.29, 1.82) is 0 Å². The van der Waals surface area contributed by atoms with Crippen molar-refractivity contribution in [3.05, 3.63) is 255 Å². The highest BCUT2D eigenvalue weighted by Gasteiger charge is 2.36. The quantitative estimate of drug-likeness (QED) is 0.0262. The highest BCUT2D eigenvalue weighted by molar-refractivity contribution is 6.01. The summed E-state index contributed by atoms with van der Waals surface area (Å²) in [6.45, 7) is 0.306. The number of carbonyl (C=O) groups is 7. The van der Waals surface area contributed by atoms with Gasteiger partial charge in [0.15, 0.2) is 0 Å². The molecular formula is C73H57F6N9O13. The molecule has 0 aliphatic heterocycles. The number of anilines is 3. The predicted molar refractivity (Wildman–Crippen MR) is 352 cm³/mol. The van der Waals surface area contributed by atoms with Crippen LogP contribution in [0.1, 0.15) is 87.4 Å². The average molecular weight is 1380 g/mol. The van der Waals surface area contributed by atoms with Crippen LogP contribution in [0.25, 0.3) is 22.8 Å². The van der Waals surface area contributed by atoms with E-state index in [0.717, 1.165) is 45.2 Å². The molecule has 2 aromatic heterocycles. The summed E-state index contributed by atoms with van der Waals surface area (Å²) in [5, 5.41) is 34.9. The minimum Gasteiger partial charge on any atom is -0.497 e. The third-order valence-corrected chi connectivity index (χ3v) is 15.2. The molecule has 0 aliphatic rings. The number of carboxylic acids is 2. The molecule has 101 heavy (non-hydrogen) atoms. The van der Waals surface area contributed by atoms with Crippen molar-refractivity contribution in [2.24, 2.45) is 0 Å². The first-order chi connectivity index (χ1) is 48.3. The van der Waals surface area contributed by atoms with Crippen molar-refractivity contribution >= 4 is 58.5 Å². The number of aliphatic carboxylic acids is 2. The lowest BCUT2D eigenvalue weighted by Gasteiger charge is -2.21. The minimum absolute atomic E-state index is 0.0203. The molecule has 10 aromatic rings. The number of amides is 5. The van der Waals surface area contributed by atoms with Crippen molar-refractivity contribution in [1.82, 2.24) is 30.1 Å². The molecule has 0 fully saturated rings.